The second-order valence-corrected chi connectivity index (χ2v) is 9.40. The fourth-order valence-corrected chi connectivity index (χ4v) is 4.65. The average Bonchev–Trinajstić information content (AvgIpc) is 2.89. The van der Waals surface area contributed by atoms with E-state index in [1.165, 1.54) is 11.8 Å². The molecule has 180 valence electrons. The predicted octanol–water partition coefficient (Wildman–Crippen LogP) is 6.07. The van der Waals surface area contributed by atoms with E-state index in [9.17, 15) is 9.59 Å². The lowest BCUT2D eigenvalue weighted by Crippen LogP contribution is -2.19. The van der Waals surface area contributed by atoms with Crippen LogP contribution in [0.2, 0.25) is 0 Å². The molecule has 0 radical (unpaired) electrons. The van der Waals surface area contributed by atoms with Crippen LogP contribution in [0.4, 0.5) is 17.1 Å². The molecule has 36 heavy (non-hydrogen) atoms. The highest BCUT2D eigenvalue weighted by molar-refractivity contribution is 8.00. The van der Waals surface area contributed by atoms with Crippen LogP contribution >= 0.6 is 24.0 Å². The lowest BCUT2D eigenvalue weighted by molar-refractivity contribution is -0.115. The Labute approximate surface area is 219 Å². The second-order valence-electron chi connectivity index (χ2n) is 7.81. The molecule has 8 heteroatoms. The monoisotopic (exact) mass is 512 g/mol. The summed E-state index contributed by atoms with van der Waals surface area (Å²) in [6.07, 6.45) is 0. The molecule has 0 spiro atoms. The van der Waals surface area contributed by atoms with Crippen LogP contribution in [0.3, 0.4) is 0 Å². The van der Waals surface area contributed by atoms with Gasteiger partial charge < -0.3 is 21.7 Å². The molecule has 0 aliphatic rings. The smallest absolute Gasteiger partial charge is 0.248 e. The molecule has 0 fully saturated rings. The van der Waals surface area contributed by atoms with Crippen LogP contribution in [0.1, 0.15) is 21.2 Å². The minimum Gasteiger partial charge on any atom is -0.366 e. The van der Waals surface area contributed by atoms with E-state index in [2.05, 4.69) is 16.0 Å². The third kappa shape index (κ3) is 6.94. The maximum Gasteiger partial charge on any atom is 0.248 e. The quantitative estimate of drug-likeness (QED) is 0.169. The van der Waals surface area contributed by atoms with Crippen LogP contribution in [0, 0.1) is 0 Å². The Bertz CT molecular complexity index is 1330. The number of primary amides is 1. The Balaban J connectivity index is 1.44. The van der Waals surface area contributed by atoms with E-state index in [0.717, 1.165) is 21.8 Å². The van der Waals surface area contributed by atoms with Gasteiger partial charge in [-0.05, 0) is 78.4 Å². The number of benzene rings is 4. The Morgan fingerprint density at radius 2 is 1.17 bits per heavy atom. The van der Waals surface area contributed by atoms with E-state index < -0.39 is 11.2 Å². The van der Waals surface area contributed by atoms with Crippen molar-refractivity contribution in [1.29, 1.82) is 0 Å². The fraction of sp³-hybridized carbons (Fsp3) is 0.0357. The molecular weight excluding hydrogens is 488 g/mol. The number of nitrogens with one attached hydrogen (secondary N) is 3. The summed E-state index contributed by atoms with van der Waals surface area (Å²) in [4.78, 5) is 25.5. The number of para-hydroxylation sites is 1. The molecule has 6 nitrogen and oxygen atoms in total. The first-order valence-corrected chi connectivity index (χ1v) is 12.4. The first kappa shape index (κ1) is 25.0. The van der Waals surface area contributed by atoms with Crippen molar-refractivity contribution in [2.24, 2.45) is 5.73 Å². The van der Waals surface area contributed by atoms with Crippen LogP contribution in [-0.2, 0) is 4.79 Å². The molecule has 1 unspecified atom stereocenters. The molecule has 5 N–H and O–H groups in total. The van der Waals surface area contributed by atoms with E-state index in [1.54, 1.807) is 24.3 Å². The van der Waals surface area contributed by atoms with Crippen LogP contribution < -0.4 is 21.7 Å². The van der Waals surface area contributed by atoms with E-state index in [-0.39, 0.29) is 5.91 Å². The predicted molar refractivity (Wildman–Crippen MR) is 151 cm³/mol. The topological polar surface area (TPSA) is 96.2 Å². The number of carbonyl (C=O) groups excluding carboxylic acids is 2. The maximum atomic E-state index is 13.3. The van der Waals surface area contributed by atoms with Gasteiger partial charge in [0, 0.05) is 27.5 Å². The first-order chi connectivity index (χ1) is 17.5. The number of hydrogen-bond donors (Lipinski definition) is 4. The maximum absolute atomic E-state index is 13.3. The van der Waals surface area contributed by atoms with Crippen molar-refractivity contribution in [3.63, 3.8) is 0 Å². The van der Waals surface area contributed by atoms with Crippen molar-refractivity contribution in [2.45, 2.75) is 10.1 Å². The van der Waals surface area contributed by atoms with Crippen molar-refractivity contribution in [1.82, 2.24) is 0 Å². The van der Waals surface area contributed by atoms with E-state index in [1.807, 2.05) is 84.9 Å². The van der Waals surface area contributed by atoms with Crippen LogP contribution in [0.15, 0.2) is 114 Å². The summed E-state index contributed by atoms with van der Waals surface area (Å²) in [7, 11) is 0. The minimum absolute atomic E-state index is 0.173. The highest BCUT2D eigenvalue weighted by Gasteiger charge is 2.22. The molecular formula is C28H24N4O2S2. The van der Waals surface area contributed by atoms with Crippen molar-refractivity contribution >= 4 is 58.0 Å². The van der Waals surface area contributed by atoms with Crippen LogP contribution in [0.5, 0.6) is 0 Å². The summed E-state index contributed by atoms with van der Waals surface area (Å²) in [6, 6.07) is 33.5. The minimum atomic E-state index is -0.514. The zero-order valence-corrected chi connectivity index (χ0v) is 20.8. The largest absolute Gasteiger partial charge is 0.366 e. The summed E-state index contributed by atoms with van der Waals surface area (Å²) in [6.45, 7) is 0. The Morgan fingerprint density at radius 3 is 1.75 bits per heavy atom. The van der Waals surface area contributed by atoms with E-state index in [0.29, 0.717) is 16.4 Å². The molecule has 0 saturated heterocycles. The van der Waals surface area contributed by atoms with Gasteiger partial charge in [-0.2, -0.15) is 0 Å². The van der Waals surface area contributed by atoms with E-state index >= 15 is 0 Å². The second kappa shape index (κ2) is 12.0. The number of thiocarbonyl (C=S) groups is 1. The summed E-state index contributed by atoms with van der Waals surface area (Å²) in [5, 5.41) is 9.26. The molecule has 0 heterocycles. The van der Waals surface area contributed by atoms with Gasteiger partial charge in [0.1, 0.15) is 5.25 Å². The van der Waals surface area contributed by atoms with Gasteiger partial charge in [0.2, 0.25) is 11.8 Å². The van der Waals surface area contributed by atoms with Crippen molar-refractivity contribution < 1.29 is 9.59 Å². The molecule has 0 aliphatic carbocycles. The first-order valence-electron chi connectivity index (χ1n) is 11.1. The number of nitrogens with two attached hydrogens (primary N) is 1. The van der Waals surface area contributed by atoms with Gasteiger partial charge in [-0.1, -0.05) is 48.5 Å². The Morgan fingerprint density at radius 1 is 0.667 bits per heavy atom. The van der Waals surface area contributed by atoms with Gasteiger partial charge in [0.15, 0.2) is 5.11 Å². The van der Waals surface area contributed by atoms with Crippen LogP contribution in [0.25, 0.3) is 0 Å². The van der Waals surface area contributed by atoms with Gasteiger partial charge in [-0.25, -0.2) is 0 Å². The molecule has 4 aromatic rings. The SMILES string of the molecule is NC(=O)c1ccc(NC(=O)C(Sc2ccc(NC(=S)Nc3ccccc3)cc2)c2ccccc2)cc1. The number of thioether (sulfide) groups is 1. The molecule has 4 rings (SSSR count). The van der Waals surface area contributed by atoms with Gasteiger partial charge in [-0.15, -0.1) is 11.8 Å². The van der Waals surface area contributed by atoms with Gasteiger partial charge >= 0.3 is 0 Å². The highest BCUT2D eigenvalue weighted by atomic mass is 32.2. The van der Waals surface area contributed by atoms with E-state index in [4.69, 9.17) is 18.0 Å². The summed E-state index contributed by atoms with van der Waals surface area (Å²) in [5.41, 5.74) is 8.89. The summed E-state index contributed by atoms with van der Waals surface area (Å²) >= 11 is 6.84. The lowest BCUT2D eigenvalue weighted by atomic mass is 10.1. The van der Waals surface area contributed by atoms with Gasteiger partial charge in [0.25, 0.3) is 0 Å². The number of amides is 2. The average molecular weight is 513 g/mol. The third-order valence-electron chi connectivity index (χ3n) is 5.18. The van der Waals surface area contributed by atoms with Crippen molar-refractivity contribution in [3.05, 3.63) is 120 Å². The molecule has 0 aromatic heterocycles. The molecule has 4 aromatic carbocycles. The number of carbonyl (C=O) groups is 2. The van der Waals surface area contributed by atoms with Gasteiger partial charge in [0.05, 0.1) is 0 Å². The molecule has 1 atom stereocenters. The summed E-state index contributed by atoms with van der Waals surface area (Å²) in [5.74, 6) is -0.686. The number of anilines is 3. The standard InChI is InChI=1S/C28H24N4O2S2/c29-26(33)20-11-13-22(14-12-20)30-27(34)25(19-7-3-1-4-8-19)36-24-17-15-23(16-18-24)32-28(35)31-21-9-5-2-6-10-21/h1-18,25H,(H2,29,33)(H,30,34)(H2,31,32,35). The normalized spacial score (nSPS) is 11.2. The van der Waals surface area contributed by atoms with Crippen molar-refractivity contribution in [3.8, 4) is 0 Å². The highest BCUT2D eigenvalue weighted by Crippen LogP contribution is 2.36. The lowest BCUT2D eigenvalue weighted by Gasteiger charge is -2.18. The van der Waals surface area contributed by atoms with Crippen LogP contribution in [-0.4, -0.2) is 16.9 Å². The Kier molecular flexibility index (Phi) is 8.33. The fourth-order valence-electron chi connectivity index (χ4n) is 3.39. The Hall–Kier alpha value is -4.14. The zero-order chi connectivity index (χ0) is 25.3. The zero-order valence-electron chi connectivity index (χ0n) is 19.2. The molecule has 0 bridgehead atoms. The number of rotatable bonds is 8. The van der Waals surface area contributed by atoms with Gasteiger partial charge in [-0.3, -0.25) is 9.59 Å². The third-order valence-corrected chi connectivity index (χ3v) is 6.65. The molecule has 2 amide bonds. The molecule has 0 aliphatic heterocycles. The van der Waals surface area contributed by atoms with Crippen molar-refractivity contribution in [2.75, 3.05) is 16.0 Å². The molecule has 0 saturated carbocycles. The summed E-state index contributed by atoms with van der Waals surface area (Å²) < 4.78 is 0. The number of hydrogen-bond acceptors (Lipinski definition) is 4.